The zero-order valence-electron chi connectivity index (χ0n) is 21.9. The molecule has 2 saturated heterocycles. The van der Waals surface area contributed by atoms with Crippen LogP contribution >= 0.6 is 0 Å². The molecular formula is C27H30O15. The molecular weight excluding hydrogens is 564 g/mol. The molecule has 2 aliphatic heterocycles. The van der Waals surface area contributed by atoms with Crippen molar-refractivity contribution in [3.63, 3.8) is 0 Å². The fraction of sp³-hybridized carbons (Fsp3) is 0.444. The van der Waals surface area contributed by atoms with Gasteiger partial charge >= 0.3 is 0 Å². The number of aliphatic hydroxyl groups excluding tert-OH is 6. The van der Waals surface area contributed by atoms with Gasteiger partial charge < -0.3 is 69.3 Å². The molecule has 0 spiro atoms. The van der Waals surface area contributed by atoms with E-state index in [1.165, 1.54) is 37.3 Å². The topological polar surface area (TPSA) is 249 Å². The third-order valence-corrected chi connectivity index (χ3v) is 7.21. The second-order valence-corrected chi connectivity index (χ2v) is 10.1. The molecule has 0 saturated carbocycles. The van der Waals surface area contributed by atoms with Crippen molar-refractivity contribution in [2.45, 2.75) is 68.3 Å². The highest BCUT2D eigenvalue weighted by molar-refractivity contribution is 5.88. The van der Waals surface area contributed by atoms with Crippen LogP contribution in [0.4, 0.5) is 0 Å². The van der Waals surface area contributed by atoms with Crippen molar-refractivity contribution < 1.29 is 69.3 Å². The molecule has 2 aromatic carbocycles. The summed E-state index contributed by atoms with van der Waals surface area (Å²) in [4.78, 5) is 12.8. The molecule has 0 bridgehead atoms. The highest BCUT2D eigenvalue weighted by Crippen LogP contribution is 2.37. The summed E-state index contributed by atoms with van der Waals surface area (Å²) in [6.45, 7) is 0.928. The summed E-state index contributed by atoms with van der Waals surface area (Å²) in [5.74, 6) is -1.95. The summed E-state index contributed by atoms with van der Waals surface area (Å²) in [5.41, 5.74) is -0.934. The standard InChI is InChI=1S/C27H30O15/c1-9-17(30)20(33)23(36)26(39-9)38-8-15-18(31)21(34)24(37)27(42-15)40-12-6-13(29)16-14(7-12)41-25(22(35)19(16)32)10-2-4-11(28)5-3-10/h2-7,9,15,17-18,20-21,23-24,26-31,33-37H,8H2,1H3/t9-,15+,17-,18-,20+,21-,23+,24+,26+,27+/m0/s1. The zero-order valence-corrected chi connectivity index (χ0v) is 21.9. The fourth-order valence-electron chi connectivity index (χ4n) is 4.77. The van der Waals surface area contributed by atoms with Gasteiger partial charge in [0, 0.05) is 17.7 Å². The average molecular weight is 595 g/mol. The van der Waals surface area contributed by atoms with Crippen molar-refractivity contribution in [1.29, 1.82) is 0 Å². The molecule has 0 unspecified atom stereocenters. The normalized spacial score (nSPS) is 33.5. The monoisotopic (exact) mass is 594 g/mol. The Labute approximate surface area is 236 Å². The van der Waals surface area contributed by atoms with E-state index >= 15 is 0 Å². The van der Waals surface area contributed by atoms with Crippen LogP contribution in [0.2, 0.25) is 0 Å². The number of aromatic hydroxyl groups is 3. The largest absolute Gasteiger partial charge is 0.508 e. The Morgan fingerprint density at radius 3 is 2.12 bits per heavy atom. The molecule has 42 heavy (non-hydrogen) atoms. The average Bonchev–Trinajstić information content (AvgIpc) is 2.96. The minimum Gasteiger partial charge on any atom is -0.508 e. The van der Waals surface area contributed by atoms with E-state index < -0.39 is 84.9 Å². The number of fused-ring (bicyclic) bond motifs is 1. The van der Waals surface area contributed by atoms with Crippen molar-refractivity contribution in [1.82, 2.24) is 0 Å². The zero-order chi connectivity index (χ0) is 30.5. The van der Waals surface area contributed by atoms with E-state index in [-0.39, 0.29) is 33.8 Å². The van der Waals surface area contributed by atoms with Gasteiger partial charge in [-0.3, -0.25) is 4.79 Å². The van der Waals surface area contributed by atoms with E-state index in [1.807, 2.05) is 0 Å². The van der Waals surface area contributed by atoms with E-state index in [0.29, 0.717) is 0 Å². The van der Waals surface area contributed by atoms with Crippen LogP contribution in [0.5, 0.6) is 23.0 Å². The second-order valence-electron chi connectivity index (χ2n) is 10.1. The third kappa shape index (κ3) is 5.49. The number of benzene rings is 2. The Bertz CT molecular complexity index is 1470. The second kappa shape index (κ2) is 11.6. The van der Waals surface area contributed by atoms with Crippen LogP contribution in [0, 0.1) is 0 Å². The quantitative estimate of drug-likeness (QED) is 0.159. The van der Waals surface area contributed by atoms with E-state index in [4.69, 9.17) is 23.4 Å². The molecule has 0 radical (unpaired) electrons. The maximum atomic E-state index is 12.8. The van der Waals surface area contributed by atoms with Crippen molar-refractivity contribution in [2.75, 3.05) is 6.61 Å². The van der Waals surface area contributed by atoms with E-state index in [9.17, 15) is 50.8 Å². The summed E-state index contributed by atoms with van der Waals surface area (Å²) >= 11 is 0. The van der Waals surface area contributed by atoms with Crippen LogP contribution in [-0.4, -0.2) is 114 Å². The number of hydrogen-bond donors (Lipinski definition) is 9. The summed E-state index contributed by atoms with van der Waals surface area (Å²) < 4.78 is 27.7. The Morgan fingerprint density at radius 2 is 1.43 bits per heavy atom. The molecule has 3 aromatic rings. The summed E-state index contributed by atoms with van der Waals surface area (Å²) in [5, 5.41) is 91.4. The van der Waals surface area contributed by atoms with Gasteiger partial charge in [0.05, 0.1) is 12.7 Å². The Balaban J connectivity index is 1.37. The molecule has 3 heterocycles. The fourth-order valence-corrected chi connectivity index (χ4v) is 4.77. The number of aliphatic hydroxyl groups is 6. The van der Waals surface area contributed by atoms with Crippen LogP contribution in [0.15, 0.2) is 45.6 Å². The lowest BCUT2D eigenvalue weighted by Gasteiger charge is -2.42. The molecule has 228 valence electrons. The minimum atomic E-state index is -1.80. The van der Waals surface area contributed by atoms with Gasteiger partial charge in [-0.25, -0.2) is 0 Å². The van der Waals surface area contributed by atoms with Gasteiger partial charge in [0.2, 0.25) is 17.5 Å². The highest BCUT2D eigenvalue weighted by Gasteiger charge is 2.47. The lowest BCUT2D eigenvalue weighted by Crippen LogP contribution is -2.61. The predicted molar refractivity (Wildman–Crippen MR) is 139 cm³/mol. The number of hydrogen-bond acceptors (Lipinski definition) is 15. The van der Waals surface area contributed by atoms with Crippen LogP contribution in [0.25, 0.3) is 22.3 Å². The third-order valence-electron chi connectivity index (χ3n) is 7.21. The van der Waals surface area contributed by atoms with Crippen LogP contribution < -0.4 is 10.2 Å². The van der Waals surface area contributed by atoms with Crippen molar-refractivity contribution in [3.05, 3.63) is 46.6 Å². The molecule has 0 amide bonds. The first-order valence-electron chi connectivity index (χ1n) is 12.9. The lowest BCUT2D eigenvalue weighted by molar-refractivity contribution is -0.318. The number of rotatable bonds is 6. The first kappa shape index (κ1) is 30.0. The molecule has 2 aliphatic rings. The predicted octanol–water partition coefficient (Wildman–Crippen LogP) is -1.39. The molecule has 0 aliphatic carbocycles. The van der Waals surface area contributed by atoms with Gasteiger partial charge in [-0.15, -0.1) is 0 Å². The molecule has 2 fully saturated rings. The molecule has 1 aromatic heterocycles. The lowest BCUT2D eigenvalue weighted by atomic mass is 9.98. The Morgan fingerprint density at radius 1 is 0.786 bits per heavy atom. The maximum absolute atomic E-state index is 12.8. The van der Waals surface area contributed by atoms with Crippen LogP contribution in [0.3, 0.4) is 0 Å². The summed E-state index contributed by atoms with van der Waals surface area (Å²) in [6, 6.07) is 7.55. The Hall–Kier alpha value is -3.51. The van der Waals surface area contributed by atoms with E-state index in [0.717, 1.165) is 6.07 Å². The SMILES string of the molecule is C[C@@H]1O[C@@H](OC[C@H]2O[C@@H](Oc3cc(O)c4c(=O)c(O)c(-c5ccc(O)cc5)oc4c3)[C@H](O)[C@@H](O)[C@H]2O)[C@H](O)[C@H](O)[C@H]1O. The first-order chi connectivity index (χ1) is 19.9. The maximum Gasteiger partial charge on any atom is 0.238 e. The molecule has 5 rings (SSSR count). The van der Waals surface area contributed by atoms with Gasteiger partial charge in [0.1, 0.15) is 70.9 Å². The smallest absolute Gasteiger partial charge is 0.238 e. The molecule has 15 heteroatoms. The molecule has 9 N–H and O–H groups in total. The number of phenols is 2. The minimum absolute atomic E-state index is 0.0647. The number of ether oxygens (including phenoxy) is 4. The molecule has 15 nitrogen and oxygen atoms in total. The van der Waals surface area contributed by atoms with Gasteiger partial charge in [-0.05, 0) is 31.2 Å². The Kier molecular flexibility index (Phi) is 8.30. The number of phenolic OH excluding ortho intramolecular Hbond substituents is 2. The highest BCUT2D eigenvalue weighted by atomic mass is 16.7. The first-order valence-corrected chi connectivity index (χ1v) is 12.9. The van der Waals surface area contributed by atoms with E-state index in [1.54, 1.807) is 0 Å². The van der Waals surface area contributed by atoms with Gasteiger partial charge in [0.15, 0.2) is 12.1 Å². The summed E-state index contributed by atoms with van der Waals surface area (Å²) in [7, 11) is 0. The summed E-state index contributed by atoms with van der Waals surface area (Å²) in [6.07, 6.45) is -15.2. The molecule has 10 atom stereocenters. The van der Waals surface area contributed by atoms with Crippen molar-refractivity contribution in [2.24, 2.45) is 0 Å². The van der Waals surface area contributed by atoms with Gasteiger partial charge in [-0.1, -0.05) is 0 Å². The van der Waals surface area contributed by atoms with E-state index in [2.05, 4.69) is 0 Å². The van der Waals surface area contributed by atoms with Gasteiger partial charge in [-0.2, -0.15) is 0 Å². The van der Waals surface area contributed by atoms with Crippen LogP contribution in [-0.2, 0) is 14.2 Å². The van der Waals surface area contributed by atoms with Crippen molar-refractivity contribution in [3.8, 4) is 34.3 Å². The van der Waals surface area contributed by atoms with Crippen LogP contribution in [0.1, 0.15) is 6.92 Å². The van der Waals surface area contributed by atoms with Crippen molar-refractivity contribution >= 4 is 11.0 Å². The van der Waals surface area contributed by atoms with Gasteiger partial charge in [0.25, 0.3) is 0 Å².